The van der Waals surface area contributed by atoms with Gasteiger partial charge in [0, 0.05) is 11.1 Å². The van der Waals surface area contributed by atoms with Crippen LogP contribution in [0.1, 0.15) is 49.4 Å². The van der Waals surface area contributed by atoms with Crippen LogP contribution in [0.25, 0.3) is 0 Å². The Morgan fingerprint density at radius 3 is 3.00 bits per heavy atom. The predicted molar refractivity (Wildman–Crippen MR) is 74.9 cm³/mol. The molecule has 1 aliphatic rings. The Bertz CT molecular complexity index is 463. The molecule has 2 nitrogen and oxygen atoms in total. The number of carbonyl (C=O) groups is 1. The number of nitrogens with one attached hydrogen (secondary N) is 1. The summed E-state index contributed by atoms with van der Waals surface area (Å²) in [4.78, 5) is 12.1. The Morgan fingerprint density at radius 2 is 2.26 bits per heavy atom. The molecule has 1 aromatic rings. The third-order valence-electron chi connectivity index (χ3n) is 3.87. The molecule has 1 saturated carbocycles. The predicted octanol–water partition coefficient (Wildman–Crippen LogP) is 4.18. The number of rotatable bonds is 3. The van der Waals surface area contributed by atoms with E-state index < -0.39 is 5.82 Å². The first-order chi connectivity index (χ1) is 9.10. The molecular weight excluding hydrogens is 265 g/mol. The van der Waals surface area contributed by atoms with E-state index in [0.717, 1.165) is 25.7 Å². The van der Waals surface area contributed by atoms with Crippen LogP contribution in [0, 0.1) is 11.7 Å². The zero-order chi connectivity index (χ0) is 13.8. The van der Waals surface area contributed by atoms with Crippen LogP contribution in [0.4, 0.5) is 4.39 Å². The monoisotopic (exact) mass is 283 g/mol. The zero-order valence-electron chi connectivity index (χ0n) is 11.1. The minimum absolute atomic E-state index is 0.0334. The Kier molecular flexibility index (Phi) is 4.81. The molecule has 2 rings (SSSR count). The highest BCUT2D eigenvalue weighted by atomic mass is 35.5. The SMILES string of the molecule is CCC1CCCC(NC(=O)c2cc(Cl)ccc2F)C1. The van der Waals surface area contributed by atoms with Gasteiger partial charge in [-0.15, -0.1) is 0 Å². The summed E-state index contributed by atoms with van der Waals surface area (Å²) < 4.78 is 13.6. The van der Waals surface area contributed by atoms with Crippen LogP contribution >= 0.6 is 11.6 Å². The molecule has 0 heterocycles. The second-order valence-corrected chi connectivity index (χ2v) is 5.67. The van der Waals surface area contributed by atoms with Gasteiger partial charge in [0.25, 0.3) is 5.91 Å². The maximum Gasteiger partial charge on any atom is 0.254 e. The van der Waals surface area contributed by atoms with Gasteiger partial charge in [-0.05, 0) is 37.0 Å². The summed E-state index contributed by atoms with van der Waals surface area (Å²) in [7, 11) is 0. The molecule has 0 aromatic heterocycles. The highest BCUT2D eigenvalue weighted by Gasteiger charge is 2.23. The molecule has 2 unspecified atom stereocenters. The van der Waals surface area contributed by atoms with E-state index in [1.165, 1.54) is 24.6 Å². The fourth-order valence-corrected chi connectivity index (χ4v) is 2.90. The average molecular weight is 284 g/mol. The lowest BCUT2D eigenvalue weighted by atomic mass is 9.84. The Morgan fingerprint density at radius 1 is 1.47 bits per heavy atom. The number of halogens is 2. The minimum Gasteiger partial charge on any atom is -0.349 e. The Hall–Kier alpha value is -1.09. The fraction of sp³-hybridized carbons (Fsp3) is 0.533. The lowest BCUT2D eigenvalue weighted by molar-refractivity contribution is 0.0915. The second-order valence-electron chi connectivity index (χ2n) is 5.24. The quantitative estimate of drug-likeness (QED) is 0.886. The van der Waals surface area contributed by atoms with Crippen LogP contribution in [0.15, 0.2) is 18.2 Å². The lowest BCUT2D eigenvalue weighted by Gasteiger charge is -2.29. The van der Waals surface area contributed by atoms with E-state index in [1.54, 1.807) is 0 Å². The van der Waals surface area contributed by atoms with E-state index in [4.69, 9.17) is 11.6 Å². The molecule has 0 spiro atoms. The van der Waals surface area contributed by atoms with E-state index >= 15 is 0 Å². The molecule has 4 heteroatoms. The molecule has 1 aliphatic carbocycles. The second kappa shape index (κ2) is 6.38. The van der Waals surface area contributed by atoms with E-state index in [-0.39, 0.29) is 17.5 Å². The first-order valence-electron chi connectivity index (χ1n) is 6.86. The summed E-state index contributed by atoms with van der Waals surface area (Å²) in [6.45, 7) is 2.17. The highest BCUT2D eigenvalue weighted by Crippen LogP contribution is 2.27. The van der Waals surface area contributed by atoms with Crippen molar-refractivity contribution >= 4 is 17.5 Å². The zero-order valence-corrected chi connectivity index (χ0v) is 11.8. The van der Waals surface area contributed by atoms with Gasteiger partial charge in [0.1, 0.15) is 5.82 Å². The van der Waals surface area contributed by atoms with Crippen LogP contribution < -0.4 is 5.32 Å². The molecule has 0 saturated heterocycles. The normalized spacial score (nSPS) is 23.1. The van der Waals surface area contributed by atoms with Gasteiger partial charge >= 0.3 is 0 Å². The maximum atomic E-state index is 13.6. The summed E-state index contributed by atoms with van der Waals surface area (Å²) in [5.41, 5.74) is 0.0334. The van der Waals surface area contributed by atoms with Gasteiger partial charge in [-0.2, -0.15) is 0 Å². The van der Waals surface area contributed by atoms with Crippen LogP contribution in [-0.2, 0) is 0 Å². The number of hydrogen-bond donors (Lipinski definition) is 1. The summed E-state index contributed by atoms with van der Waals surface area (Å²) >= 11 is 5.80. The number of carbonyl (C=O) groups excluding carboxylic acids is 1. The average Bonchev–Trinajstić information content (AvgIpc) is 2.41. The van der Waals surface area contributed by atoms with Gasteiger partial charge in [0.05, 0.1) is 5.56 Å². The van der Waals surface area contributed by atoms with Crippen molar-refractivity contribution in [1.82, 2.24) is 5.32 Å². The van der Waals surface area contributed by atoms with E-state index in [9.17, 15) is 9.18 Å². The van der Waals surface area contributed by atoms with Crippen molar-refractivity contribution in [2.24, 2.45) is 5.92 Å². The van der Waals surface area contributed by atoms with Gasteiger partial charge in [-0.1, -0.05) is 37.8 Å². The van der Waals surface area contributed by atoms with E-state index in [1.807, 2.05) is 0 Å². The van der Waals surface area contributed by atoms with Crippen molar-refractivity contribution in [3.8, 4) is 0 Å². The van der Waals surface area contributed by atoms with Crippen LogP contribution in [0.3, 0.4) is 0 Å². The lowest BCUT2D eigenvalue weighted by Crippen LogP contribution is -2.38. The van der Waals surface area contributed by atoms with Crippen molar-refractivity contribution in [1.29, 1.82) is 0 Å². The highest BCUT2D eigenvalue weighted by molar-refractivity contribution is 6.31. The number of amides is 1. The number of benzene rings is 1. The van der Waals surface area contributed by atoms with Gasteiger partial charge in [0.15, 0.2) is 0 Å². The van der Waals surface area contributed by atoms with Crippen LogP contribution in [0.2, 0.25) is 5.02 Å². The first-order valence-corrected chi connectivity index (χ1v) is 7.24. The van der Waals surface area contributed by atoms with Crippen molar-refractivity contribution < 1.29 is 9.18 Å². The van der Waals surface area contributed by atoms with Gasteiger partial charge in [0.2, 0.25) is 0 Å². The molecule has 1 amide bonds. The summed E-state index contributed by atoms with van der Waals surface area (Å²) in [6.07, 6.45) is 5.46. The van der Waals surface area contributed by atoms with Crippen molar-refractivity contribution in [3.63, 3.8) is 0 Å². The molecule has 0 bridgehead atoms. The molecule has 0 aliphatic heterocycles. The third kappa shape index (κ3) is 3.69. The molecule has 19 heavy (non-hydrogen) atoms. The summed E-state index contributed by atoms with van der Waals surface area (Å²) in [5.74, 6) is -0.213. The van der Waals surface area contributed by atoms with Crippen LogP contribution in [-0.4, -0.2) is 11.9 Å². The number of hydrogen-bond acceptors (Lipinski definition) is 1. The molecule has 1 N–H and O–H groups in total. The fourth-order valence-electron chi connectivity index (χ4n) is 2.73. The van der Waals surface area contributed by atoms with Gasteiger partial charge < -0.3 is 5.32 Å². The van der Waals surface area contributed by atoms with E-state index in [0.29, 0.717) is 10.9 Å². The first kappa shape index (κ1) is 14.3. The topological polar surface area (TPSA) is 29.1 Å². The Labute approximate surface area is 118 Å². The standard InChI is InChI=1S/C15H19ClFNO/c1-2-10-4-3-5-12(8-10)18-15(19)13-9-11(16)6-7-14(13)17/h6-7,9-10,12H,2-5,8H2,1H3,(H,18,19). The largest absolute Gasteiger partial charge is 0.349 e. The molecule has 104 valence electrons. The van der Waals surface area contributed by atoms with Crippen molar-refractivity contribution in [2.75, 3.05) is 0 Å². The van der Waals surface area contributed by atoms with Crippen LogP contribution in [0.5, 0.6) is 0 Å². The molecule has 1 fully saturated rings. The Balaban J connectivity index is 2.02. The molecule has 2 atom stereocenters. The van der Waals surface area contributed by atoms with Gasteiger partial charge in [-0.3, -0.25) is 4.79 Å². The molecule has 1 aromatic carbocycles. The van der Waals surface area contributed by atoms with Crippen molar-refractivity contribution in [2.45, 2.75) is 45.1 Å². The molecular formula is C15H19ClFNO. The van der Waals surface area contributed by atoms with Gasteiger partial charge in [-0.25, -0.2) is 4.39 Å². The van der Waals surface area contributed by atoms with E-state index in [2.05, 4.69) is 12.2 Å². The maximum absolute atomic E-state index is 13.6. The van der Waals surface area contributed by atoms with Crippen molar-refractivity contribution in [3.05, 3.63) is 34.6 Å². The smallest absolute Gasteiger partial charge is 0.254 e. The molecule has 0 radical (unpaired) electrons. The summed E-state index contributed by atoms with van der Waals surface area (Å²) in [6, 6.07) is 4.21. The minimum atomic E-state index is -0.523. The summed E-state index contributed by atoms with van der Waals surface area (Å²) in [5, 5.41) is 3.31. The third-order valence-corrected chi connectivity index (χ3v) is 4.10.